The highest BCUT2D eigenvalue weighted by Gasteiger charge is 2.54. The molecule has 0 aliphatic carbocycles. The monoisotopic (exact) mass is 431 g/mol. The number of rotatable bonds is 7. The second kappa shape index (κ2) is 8.74. The van der Waals surface area contributed by atoms with Crippen molar-refractivity contribution in [3.05, 3.63) is 83.4 Å². The molecule has 3 amide bonds. The van der Waals surface area contributed by atoms with E-state index in [1.165, 1.54) is 4.90 Å². The number of amides is 3. The minimum Gasteiger partial charge on any atom is -0.340 e. The van der Waals surface area contributed by atoms with Crippen LogP contribution in [0.2, 0.25) is 0 Å². The Morgan fingerprint density at radius 2 is 1.88 bits per heavy atom. The minimum atomic E-state index is -1.23. The Bertz CT molecular complexity index is 1130. The first-order valence-electron chi connectivity index (χ1n) is 10.4. The maximum absolute atomic E-state index is 13.8. The third-order valence-corrected chi connectivity index (χ3v) is 6.00. The lowest BCUT2D eigenvalue weighted by Crippen LogP contribution is -2.42. The standard InChI is InChI=1S/C24H25N5O3/c1-17-5-3-4-6-20(17)24(13-21(30)28(2)16-19-9-12-26-27-19)14-22(31)29(23(24)32)15-18-7-10-25-11-8-18/h3-12H,13-16H2,1-2H3,(H,26,27). The number of benzene rings is 1. The SMILES string of the molecule is Cc1ccccc1C1(CC(=O)N(C)Cc2ccn[nH]2)CC(=O)N(Cc2ccncc2)C1=O. The van der Waals surface area contributed by atoms with Crippen molar-refractivity contribution in [2.75, 3.05) is 7.05 Å². The second-order valence-corrected chi connectivity index (χ2v) is 8.22. The van der Waals surface area contributed by atoms with Gasteiger partial charge >= 0.3 is 0 Å². The number of imide groups is 1. The van der Waals surface area contributed by atoms with E-state index in [2.05, 4.69) is 15.2 Å². The van der Waals surface area contributed by atoms with Crippen LogP contribution < -0.4 is 0 Å². The maximum Gasteiger partial charge on any atom is 0.241 e. The highest BCUT2D eigenvalue weighted by Crippen LogP contribution is 2.42. The Kier molecular flexibility index (Phi) is 5.85. The smallest absolute Gasteiger partial charge is 0.241 e. The van der Waals surface area contributed by atoms with Gasteiger partial charge in [-0.05, 0) is 41.8 Å². The van der Waals surface area contributed by atoms with Crippen LogP contribution in [0.3, 0.4) is 0 Å². The number of hydrogen-bond donors (Lipinski definition) is 1. The van der Waals surface area contributed by atoms with Crippen LogP contribution in [0, 0.1) is 6.92 Å². The molecule has 1 fully saturated rings. The van der Waals surface area contributed by atoms with Crippen molar-refractivity contribution in [3.8, 4) is 0 Å². The van der Waals surface area contributed by atoms with Crippen LogP contribution in [0.1, 0.15) is 35.2 Å². The Morgan fingerprint density at radius 3 is 2.56 bits per heavy atom. The fourth-order valence-electron chi connectivity index (χ4n) is 4.29. The lowest BCUT2D eigenvalue weighted by Gasteiger charge is -2.30. The zero-order valence-electron chi connectivity index (χ0n) is 18.1. The molecule has 0 saturated carbocycles. The van der Waals surface area contributed by atoms with Crippen molar-refractivity contribution in [1.82, 2.24) is 25.0 Å². The zero-order chi connectivity index (χ0) is 22.7. The van der Waals surface area contributed by atoms with Crippen LogP contribution >= 0.6 is 0 Å². The number of likely N-dealkylation sites (tertiary alicyclic amines) is 1. The number of nitrogens with one attached hydrogen (secondary N) is 1. The average molecular weight is 431 g/mol. The van der Waals surface area contributed by atoms with Crippen LogP contribution in [0.25, 0.3) is 0 Å². The normalized spacial score (nSPS) is 18.2. The second-order valence-electron chi connectivity index (χ2n) is 8.22. The van der Waals surface area contributed by atoms with Crippen LogP contribution in [0.15, 0.2) is 61.1 Å². The summed E-state index contributed by atoms with van der Waals surface area (Å²) in [6.07, 6.45) is 4.76. The van der Waals surface area contributed by atoms with E-state index in [1.54, 1.807) is 48.7 Å². The molecule has 8 heteroatoms. The van der Waals surface area contributed by atoms with Gasteiger partial charge in [0.1, 0.15) is 0 Å². The molecule has 0 radical (unpaired) electrons. The van der Waals surface area contributed by atoms with Crippen LogP contribution in [-0.4, -0.2) is 49.8 Å². The van der Waals surface area contributed by atoms with E-state index in [-0.39, 0.29) is 37.1 Å². The van der Waals surface area contributed by atoms with Gasteiger partial charge in [0.05, 0.1) is 24.2 Å². The number of hydrogen-bond acceptors (Lipinski definition) is 5. The van der Waals surface area contributed by atoms with E-state index in [0.29, 0.717) is 6.54 Å². The first-order valence-corrected chi connectivity index (χ1v) is 10.4. The van der Waals surface area contributed by atoms with E-state index in [0.717, 1.165) is 22.4 Å². The van der Waals surface area contributed by atoms with Crippen molar-refractivity contribution >= 4 is 17.7 Å². The van der Waals surface area contributed by atoms with Gasteiger partial charge in [0.2, 0.25) is 17.7 Å². The van der Waals surface area contributed by atoms with Crippen molar-refractivity contribution < 1.29 is 14.4 Å². The van der Waals surface area contributed by atoms with Gasteiger partial charge in [0, 0.05) is 38.5 Å². The number of pyridine rings is 1. The molecule has 3 aromatic rings. The third kappa shape index (κ3) is 4.03. The summed E-state index contributed by atoms with van der Waals surface area (Å²) in [5.74, 6) is -0.828. The fraction of sp³-hybridized carbons (Fsp3) is 0.292. The summed E-state index contributed by atoms with van der Waals surface area (Å²) in [4.78, 5) is 46.9. The van der Waals surface area contributed by atoms with Crippen molar-refractivity contribution in [2.45, 2.75) is 38.3 Å². The molecule has 1 aromatic carbocycles. The first kappa shape index (κ1) is 21.4. The van der Waals surface area contributed by atoms with Crippen molar-refractivity contribution in [3.63, 3.8) is 0 Å². The van der Waals surface area contributed by atoms with E-state index in [4.69, 9.17) is 0 Å². The van der Waals surface area contributed by atoms with E-state index < -0.39 is 5.41 Å². The molecule has 1 unspecified atom stereocenters. The number of aromatic amines is 1. The molecule has 0 spiro atoms. The molecular weight excluding hydrogens is 406 g/mol. The molecule has 164 valence electrons. The Labute approximate surface area is 186 Å². The first-order chi connectivity index (χ1) is 15.4. The highest BCUT2D eigenvalue weighted by atomic mass is 16.2. The number of H-pyrrole nitrogens is 1. The fourth-order valence-corrected chi connectivity index (χ4v) is 4.29. The summed E-state index contributed by atoms with van der Waals surface area (Å²) in [6, 6.07) is 12.8. The number of carbonyl (C=O) groups is 3. The van der Waals surface area contributed by atoms with Gasteiger partial charge in [0.15, 0.2) is 0 Å². The predicted molar refractivity (Wildman–Crippen MR) is 117 cm³/mol. The van der Waals surface area contributed by atoms with E-state index in [1.807, 2.05) is 31.2 Å². The summed E-state index contributed by atoms with van der Waals surface area (Å²) >= 11 is 0. The quantitative estimate of drug-likeness (QED) is 0.579. The largest absolute Gasteiger partial charge is 0.340 e. The molecule has 1 aliphatic heterocycles. The Hall–Kier alpha value is -3.81. The third-order valence-electron chi connectivity index (χ3n) is 6.00. The van der Waals surface area contributed by atoms with Gasteiger partial charge in [-0.15, -0.1) is 0 Å². The molecule has 32 heavy (non-hydrogen) atoms. The van der Waals surface area contributed by atoms with Gasteiger partial charge < -0.3 is 4.90 Å². The average Bonchev–Trinajstić information content (AvgIpc) is 3.37. The zero-order valence-corrected chi connectivity index (χ0v) is 18.1. The molecule has 1 saturated heterocycles. The molecule has 3 heterocycles. The van der Waals surface area contributed by atoms with Crippen LogP contribution in [-0.2, 0) is 32.9 Å². The number of aryl methyl sites for hydroxylation is 1. The van der Waals surface area contributed by atoms with Crippen molar-refractivity contribution in [1.29, 1.82) is 0 Å². The van der Waals surface area contributed by atoms with Gasteiger partial charge in [0.25, 0.3) is 0 Å². The van der Waals surface area contributed by atoms with E-state index in [9.17, 15) is 14.4 Å². The topological polar surface area (TPSA) is 99.3 Å². The summed E-state index contributed by atoms with van der Waals surface area (Å²) < 4.78 is 0. The molecule has 1 N–H and O–H groups in total. The summed E-state index contributed by atoms with van der Waals surface area (Å²) in [6.45, 7) is 2.40. The maximum atomic E-state index is 13.8. The number of aromatic nitrogens is 3. The molecule has 1 atom stereocenters. The molecule has 2 aromatic heterocycles. The highest BCUT2D eigenvalue weighted by molar-refractivity contribution is 6.10. The number of nitrogens with zero attached hydrogens (tertiary/aromatic N) is 4. The van der Waals surface area contributed by atoms with Crippen LogP contribution in [0.5, 0.6) is 0 Å². The summed E-state index contributed by atoms with van der Waals surface area (Å²) in [5.41, 5.74) is 1.97. The lowest BCUT2D eigenvalue weighted by atomic mass is 9.74. The van der Waals surface area contributed by atoms with Gasteiger partial charge in [-0.1, -0.05) is 24.3 Å². The van der Waals surface area contributed by atoms with Crippen LogP contribution in [0.4, 0.5) is 0 Å². The summed E-state index contributed by atoms with van der Waals surface area (Å²) in [7, 11) is 1.69. The number of carbonyl (C=O) groups excluding carboxylic acids is 3. The van der Waals surface area contributed by atoms with Gasteiger partial charge in [-0.25, -0.2) is 0 Å². The molecule has 1 aliphatic rings. The molecule has 4 rings (SSSR count). The molecular formula is C24H25N5O3. The van der Waals surface area contributed by atoms with E-state index >= 15 is 0 Å². The predicted octanol–water partition coefficient (Wildman–Crippen LogP) is 2.36. The molecule has 8 nitrogen and oxygen atoms in total. The van der Waals surface area contributed by atoms with Crippen molar-refractivity contribution in [2.24, 2.45) is 0 Å². The van der Waals surface area contributed by atoms with Gasteiger partial charge in [-0.2, -0.15) is 5.10 Å². The Balaban J connectivity index is 1.66. The van der Waals surface area contributed by atoms with Gasteiger partial charge in [-0.3, -0.25) is 29.4 Å². The molecule has 0 bridgehead atoms. The minimum absolute atomic E-state index is 0.0363. The Morgan fingerprint density at radius 1 is 1.12 bits per heavy atom. The lowest BCUT2D eigenvalue weighted by molar-refractivity contribution is -0.143. The summed E-state index contributed by atoms with van der Waals surface area (Å²) in [5, 5.41) is 6.75.